The molecule has 1 heterocycles. The van der Waals surface area contributed by atoms with Crippen molar-refractivity contribution in [2.75, 3.05) is 5.32 Å². The molecule has 2 aromatic rings. The van der Waals surface area contributed by atoms with Crippen LogP contribution in [0.2, 0.25) is 0 Å². The van der Waals surface area contributed by atoms with E-state index >= 15 is 0 Å². The quantitative estimate of drug-likeness (QED) is 0.499. The van der Waals surface area contributed by atoms with Gasteiger partial charge in [-0.1, -0.05) is 17.3 Å². The number of nitrogens with zero attached hydrogens (tertiary/aromatic N) is 3. The van der Waals surface area contributed by atoms with Gasteiger partial charge in [0.05, 0.1) is 11.9 Å². The number of oxime groups is 1. The van der Waals surface area contributed by atoms with Gasteiger partial charge in [-0.05, 0) is 24.6 Å². The van der Waals surface area contributed by atoms with Crippen LogP contribution in [0.1, 0.15) is 23.0 Å². The van der Waals surface area contributed by atoms with Crippen molar-refractivity contribution in [1.82, 2.24) is 9.97 Å². The Kier molecular flexibility index (Phi) is 3.82. The Morgan fingerprint density at radius 1 is 1.26 bits per heavy atom. The molecule has 0 atom stereocenters. The van der Waals surface area contributed by atoms with Crippen LogP contribution in [-0.4, -0.2) is 26.8 Å². The minimum absolute atomic E-state index is 0.250. The molecule has 0 spiro atoms. The molecule has 19 heavy (non-hydrogen) atoms. The van der Waals surface area contributed by atoms with Gasteiger partial charge in [-0.2, -0.15) is 0 Å². The third-order valence-corrected chi connectivity index (χ3v) is 2.51. The highest BCUT2D eigenvalue weighted by molar-refractivity contribution is 6.03. The van der Waals surface area contributed by atoms with Crippen LogP contribution < -0.4 is 5.32 Å². The van der Waals surface area contributed by atoms with Gasteiger partial charge in [-0.25, -0.2) is 4.98 Å². The molecule has 0 radical (unpaired) electrons. The summed E-state index contributed by atoms with van der Waals surface area (Å²) in [4.78, 5) is 19.5. The molecular formula is C13H12N4O2. The summed E-state index contributed by atoms with van der Waals surface area (Å²) in [6.45, 7) is 1.69. The molecule has 1 aromatic heterocycles. The largest absolute Gasteiger partial charge is 0.411 e. The molecule has 96 valence electrons. The van der Waals surface area contributed by atoms with Gasteiger partial charge in [0, 0.05) is 18.1 Å². The van der Waals surface area contributed by atoms with Gasteiger partial charge in [-0.3, -0.25) is 9.78 Å². The predicted molar refractivity (Wildman–Crippen MR) is 70.4 cm³/mol. The Hall–Kier alpha value is -2.76. The van der Waals surface area contributed by atoms with E-state index in [0.29, 0.717) is 11.4 Å². The summed E-state index contributed by atoms with van der Waals surface area (Å²) in [5.74, 6) is -0.326. The number of hydrogen-bond acceptors (Lipinski definition) is 5. The fourth-order valence-corrected chi connectivity index (χ4v) is 1.46. The van der Waals surface area contributed by atoms with E-state index in [2.05, 4.69) is 20.4 Å². The van der Waals surface area contributed by atoms with Crippen molar-refractivity contribution in [2.45, 2.75) is 6.92 Å². The lowest BCUT2D eigenvalue weighted by Gasteiger charge is -2.05. The summed E-state index contributed by atoms with van der Waals surface area (Å²) in [6.07, 6.45) is 4.36. The first-order valence-corrected chi connectivity index (χ1v) is 5.57. The van der Waals surface area contributed by atoms with Gasteiger partial charge < -0.3 is 10.5 Å². The van der Waals surface area contributed by atoms with Crippen LogP contribution in [0.15, 0.2) is 48.0 Å². The van der Waals surface area contributed by atoms with Crippen molar-refractivity contribution in [3.8, 4) is 0 Å². The lowest BCUT2D eigenvalue weighted by atomic mass is 10.1. The minimum Gasteiger partial charge on any atom is -0.411 e. The fourth-order valence-electron chi connectivity index (χ4n) is 1.46. The Morgan fingerprint density at radius 3 is 2.58 bits per heavy atom. The zero-order valence-electron chi connectivity index (χ0n) is 10.2. The van der Waals surface area contributed by atoms with Crippen LogP contribution in [0.3, 0.4) is 0 Å². The van der Waals surface area contributed by atoms with E-state index in [9.17, 15) is 4.79 Å². The maximum Gasteiger partial charge on any atom is 0.275 e. The van der Waals surface area contributed by atoms with Crippen LogP contribution >= 0.6 is 0 Å². The van der Waals surface area contributed by atoms with E-state index in [1.807, 2.05) is 0 Å². The predicted octanol–water partition coefficient (Wildman–Crippen LogP) is 1.93. The van der Waals surface area contributed by atoms with Crippen molar-refractivity contribution in [2.24, 2.45) is 5.16 Å². The highest BCUT2D eigenvalue weighted by atomic mass is 16.4. The van der Waals surface area contributed by atoms with E-state index in [-0.39, 0.29) is 11.6 Å². The van der Waals surface area contributed by atoms with Crippen LogP contribution in [0.25, 0.3) is 0 Å². The second kappa shape index (κ2) is 5.72. The summed E-state index contributed by atoms with van der Waals surface area (Å²) >= 11 is 0. The Balaban J connectivity index is 2.10. The number of nitrogens with one attached hydrogen (secondary N) is 1. The number of amides is 1. The summed E-state index contributed by atoms with van der Waals surface area (Å²) in [6, 6.07) is 6.94. The number of carbonyl (C=O) groups is 1. The summed E-state index contributed by atoms with van der Waals surface area (Å²) < 4.78 is 0. The normalized spacial score (nSPS) is 11.1. The number of hydrogen-bond donors (Lipinski definition) is 2. The average molecular weight is 256 g/mol. The molecule has 6 nitrogen and oxygen atoms in total. The first-order valence-electron chi connectivity index (χ1n) is 5.57. The molecular weight excluding hydrogens is 244 g/mol. The topological polar surface area (TPSA) is 87.5 Å². The molecule has 6 heteroatoms. The van der Waals surface area contributed by atoms with Gasteiger partial charge in [-0.15, -0.1) is 0 Å². The van der Waals surface area contributed by atoms with Gasteiger partial charge in [0.2, 0.25) is 0 Å². The highest BCUT2D eigenvalue weighted by Gasteiger charge is 2.07. The molecule has 0 saturated carbocycles. The second-order valence-corrected chi connectivity index (χ2v) is 3.81. The third-order valence-electron chi connectivity index (χ3n) is 2.51. The van der Waals surface area contributed by atoms with Crippen molar-refractivity contribution in [3.63, 3.8) is 0 Å². The zero-order chi connectivity index (χ0) is 13.7. The van der Waals surface area contributed by atoms with Crippen LogP contribution in [0, 0.1) is 0 Å². The number of rotatable bonds is 3. The Labute approximate surface area is 109 Å². The molecule has 0 unspecified atom stereocenters. The Morgan fingerprint density at radius 2 is 2.00 bits per heavy atom. The molecule has 1 amide bonds. The highest BCUT2D eigenvalue weighted by Crippen LogP contribution is 2.11. The number of benzene rings is 1. The van der Waals surface area contributed by atoms with Crippen molar-refractivity contribution in [1.29, 1.82) is 0 Å². The maximum absolute atomic E-state index is 11.8. The first-order chi connectivity index (χ1) is 9.20. The van der Waals surface area contributed by atoms with E-state index in [1.165, 1.54) is 18.6 Å². The third kappa shape index (κ3) is 3.12. The minimum atomic E-state index is -0.326. The summed E-state index contributed by atoms with van der Waals surface area (Å²) in [5, 5.41) is 14.5. The molecule has 0 aliphatic rings. The lowest BCUT2D eigenvalue weighted by molar-refractivity contribution is 0.102. The van der Waals surface area contributed by atoms with Gasteiger partial charge >= 0.3 is 0 Å². The fraction of sp³-hybridized carbons (Fsp3) is 0.0769. The summed E-state index contributed by atoms with van der Waals surface area (Å²) in [7, 11) is 0. The van der Waals surface area contributed by atoms with Crippen LogP contribution in [-0.2, 0) is 0 Å². The van der Waals surface area contributed by atoms with E-state index in [0.717, 1.165) is 5.56 Å². The van der Waals surface area contributed by atoms with Gasteiger partial charge in [0.25, 0.3) is 5.91 Å². The van der Waals surface area contributed by atoms with Crippen LogP contribution in [0.5, 0.6) is 0 Å². The molecule has 0 aliphatic carbocycles. The van der Waals surface area contributed by atoms with E-state index in [4.69, 9.17) is 5.21 Å². The van der Waals surface area contributed by atoms with E-state index < -0.39 is 0 Å². The van der Waals surface area contributed by atoms with Crippen LogP contribution in [0.4, 0.5) is 5.69 Å². The number of anilines is 1. The van der Waals surface area contributed by atoms with Crippen molar-refractivity contribution >= 4 is 17.3 Å². The molecule has 2 rings (SSSR count). The lowest BCUT2D eigenvalue weighted by Crippen LogP contribution is -2.13. The molecule has 2 N–H and O–H groups in total. The summed E-state index contributed by atoms with van der Waals surface area (Å²) in [5.41, 5.74) is 2.16. The zero-order valence-corrected chi connectivity index (χ0v) is 10.2. The molecule has 0 saturated heterocycles. The number of aromatic nitrogens is 2. The molecule has 0 bridgehead atoms. The standard InChI is InChI=1S/C13H12N4O2/c1-9(17-19)10-2-4-11(5-3-10)16-13(18)12-8-14-6-7-15-12/h2-8,19H,1H3,(H,16,18)/b17-9-. The van der Waals surface area contributed by atoms with Crippen molar-refractivity contribution in [3.05, 3.63) is 54.1 Å². The smallest absolute Gasteiger partial charge is 0.275 e. The second-order valence-electron chi connectivity index (χ2n) is 3.81. The molecule has 0 fully saturated rings. The van der Waals surface area contributed by atoms with E-state index in [1.54, 1.807) is 31.2 Å². The average Bonchev–Trinajstić information content (AvgIpc) is 2.48. The molecule has 0 aliphatic heterocycles. The van der Waals surface area contributed by atoms with Gasteiger partial charge in [0.1, 0.15) is 5.69 Å². The SMILES string of the molecule is C/C(=N/O)c1ccc(NC(=O)c2cnccn2)cc1. The van der Waals surface area contributed by atoms with Gasteiger partial charge in [0.15, 0.2) is 0 Å². The number of carbonyl (C=O) groups excluding carboxylic acids is 1. The Bertz CT molecular complexity index is 594. The first kappa shape index (κ1) is 12.7. The van der Waals surface area contributed by atoms with Crippen molar-refractivity contribution < 1.29 is 10.0 Å². The monoisotopic (exact) mass is 256 g/mol. The molecule has 1 aromatic carbocycles. The maximum atomic E-state index is 11.8.